The van der Waals surface area contributed by atoms with E-state index in [4.69, 9.17) is 20.3 Å². The average molecular weight is 289 g/mol. The summed E-state index contributed by atoms with van der Waals surface area (Å²) in [5.41, 5.74) is 5.97. The van der Waals surface area contributed by atoms with Gasteiger partial charge in [0.05, 0.1) is 19.8 Å². The van der Waals surface area contributed by atoms with E-state index < -0.39 is 5.97 Å². The molecule has 1 heterocycles. The van der Waals surface area contributed by atoms with E-state index in [0.29, 0.717) is 24.7 Å². The molecule has 19 heavy (non-hydrogen) atoms. The molecular weight excluding hydrogens is 270 g/mol. The van der Waals surface area contributed by atoms with Gasteiger partial charge in [-0.15, -0.1) is 0 Å². The Bertz CT molecular complexity index is 411. The fourth-order valence-corrected chi connectivity index (χ4v) is 2.39. The Kier molecular flexibility index (Phi) is 6.54. The molecule has 108 valence electrons. The van der Waals surface area contributed by atoms with Crippen LogP contribution in [0.5, 0.6) is 0 Å². The summed E-state index contributed by atoms with van der Waals surface area (Å²) in [7, 11) is 1.59. The molecule has 0 radical (unpaired) electrons. The van der Waals surface area contributed by atoms with Gasteiger partial charge in [0.25, 0.3) is 0 Å². The fraction of sp³-hybridized carbons (Fsp3) is 0.636. The first-order valence-corrected chi connectivity index (χ1v) is 6.70. The number of rotatable bonds is 8. The maximum Gasteiger partial charge on any atom is 0.345 e. The van der Waals surface area contributed by atoms with Gasteiger partial charge in [0.1, 0.15) is 10.6 Å². The van der Waals surface area contributed by atoms with Crippen LogP contribution in [0.25, 0.3) is 0 Å². The number of hydrogen-bond acceptors (Lipinski definition) is 8. The van der Waals surface area contributed by atoms with Crippen molar-refractivity contribution in [2.75, 3.05) is 50.7 Å². The Morgan fingerprint density at radius 3 is 2.84 bits per heavy atom. The summed E-state index contributed by atoms with van der Waals surface area (Å²) in [6.07, 6.45) is 0. The van der Waals surface area contributed by atoms with Crippen molar-refractivity contribution in [2.24, 2.45) is 0 Å². The van der Waals surface area contributed by atoms with Crippen LogP contribution in [0.3, 0.4) is 0 Å². The van der Waals surface area contributed by atoms with Crippen molar-refractivity contribution in [2.45, 2.75) is 6.92 Å². The number of carbonyl (C=O) groups excluding carboxylic acids is 1. The molecule has 1 aromatic rings. The normalized spacial score (nSPS) is 10.5. The van der Waals surface area contributed by atoms with Crippen LogP contribution in [0.4, 0.5) is 10.8 Å². The van der Waals surface area contributed by atoms with E-state index in [2.05, 4.69) is 4.37 Å². The molecule has 0 unspecified atom stereocenters. The van der Waals surface area contributed by atoms with Crippen molar-refractivity contribution in [1.82, 2.24) is 4.37 Å². The predicted octanol–water partition coefficient (Wildman–Crippen LogP) is 0.347. The minimum Gasteiger partial charge on any atom is -0.462 e. The zero-order chi connectivity index (χ0) is 14.3. The summed E-state index contributed by atoms with van der Waals surface area (Å²) in [4.78, 5) is 13.7. The average Bonchev–Trinajstić information content (AvgIpc) is 2.76. The van der Waals surface area contributed by atoms with Crippen LogP contribution in [0, 0.1) is 0 Å². The summed E-state index contributed by atoms with van der Waals surface area (Å²) in [5, 5.41) is 9.69. The molecule has 1 rings (SSSR count). The Hall–Kier alpha value is -1.38. The van der Waals surface area contributed by atoms with Gasteiger partial charge >= 0.3 is 5.97 Å². The van der Waals surface area contributed by atoms with Crippen molar-refractivity contribution in [3.05, 3.63) is 5.56 Å². The highest BCUT2D eigenvalue weighted by molar-refractivity contribution is 7.11. The largest absolute Gasteiger partial charge is 0.462 e. The summed E-state index contributed by atoms with van der Waals surface area (Å²) in [6.45, 7) is 3.34. The first kappa shape index (κ1) is 15.7. The number of nitrogens with two attached hydrogens (primary N) is 1. The third-order valence-corrected chi connectivity index (χ3v) is 3.33. The highest BCUT2D eigenvalue weighted by atomic mass is 32.1. The standard InChI is InChI=1S/C11H19N3O4S/c1-3-18-11(16)8-9(12)13-19-10(8)14(4-6-15)5-7-17-2/h15H,3-7H2,1-2H3,(H2,12,13). The number of ether oxygens (including phenoxy) is 2. The van der Waals surface area contributed by atoms with E-state index in [1.807, 2.05) is 4.90 Å². The molecule has 0 atom stereocenters. The monoisotopic (exact) mass is 289 g/mol. The molecular formula is C11H19N3O4S. The van der Waals surface area contributed by atoms with E-state index in [-0.39, 0.29) is 24.6 Å². The van der Waals surface area contributed by atoms with E-state index in [1.165, 1.54) is 0 Å². The molecule has 1 aromatic heterocycles. The van der Waals surface area contributed by atoms with Crippen molar-refractivity contribution < 1.29 is 19.4 Å². The summed E-state index contributed by atoms with van der Waals surface area (Å²) < 4.78 is 14.0. The van der Waals surface area contributed by atoms with Crippen LogP contribution in [0.15, 0.2) is 0 Å². The summed E-state index contributed by atoms with van der Waals surface area (Å²) in [6, 6.07) is 0. The van der Waals surface area contributed by atoms with Gasteiger partial charge in [-0.3, -0.25) is 0 Å². The summed E-state index contributed by atoms with van der Waals surface area (Å²) >= 11 is 1.11. The maximum atomic E-state index is 11.9. The lowest BCUT2D eigenvalue weighted by molar-refractivity contribution is 0.0528. The van der Waals surface area contributed by atoms with Crippen molar-refractivity contribution >= 4 is 28.3 Å². The Labute approximate surface area is 116 Å². The zero-order valence-corrected chi connectivity index (χ0v) is 11.9. The highest BCUT2D eigenvalue weighted by Crippen LogP contribution is 2.31. The number of aliphatic hydroxyl groups is 1. The number of anilines is 2. The lowest BCUT2D eigenvalue weighted by Crippen LogP contribution is -2.30. The molecule has 0 aliphatic carbocycles. The molecule has 7 nitrogen and oxygen atoms in total. The first-order chi connectivity index (χ1) is 9.15. The molecule has 0 aromatic carbocycles. The van der Waals surface area contributed by atoms with Crippen molar-refractivity contribution in [3.8, 4) is 0 Å². The number of hydrogen-bond donors (Lipinski definition) is 2. The highest BCUT2D eigenvalue weighted by Gasteiger charge is 2.24. The van der Waals surface area contributed by atoms with Gasteiger partial charge in [0.15, 0.2) is 5.82 Å². The van der Waals surface area contributed by atoms with Crippen LogP contribution in [-0.4, -0.2) is 55.5 Å². The molecule has 8 heteroatoms. The van der Waals surface area contributed by atoms with Crippen molar-refractivity contribution in [1.29, 1.82) is 0 Å². The first-order valence-electron chi connectivity index (χ1n) is 5.92. The lowest BCUT2D eigenvalue weighted by Gasteiger charge is -2.22. The van der Waals surface area contributed by atoms with E-state index >= 15 is 0 Å². The van der Waals surface area contributed by atoms with E-state index in [1.54, 1.807) is 14.0 Å². The molecule has 0 saturated heterocycles. The van der Waals surface area contributed by atoms with Crippen LogP contribution >= 0.6 is 11.5 Å². The minimum absolute atomic E-state index is 0.0379. The SMILES string of the molecule is CCOC(=O)c1c(N)nsc1N(CCO)CCOC. The van der Waals surface area contributed by atoms with Crippen molar-refractivity contribution in [3.63, 3.8) is 0 Å². The molecule has 0 spiro atoms. The molecule has 0 saturated carbocycles. The Balaban J connectivity index is 2.98. The van der Waals surface area contributed by atoms with Crippen LogP contribution < -0.4 is 10.6 Å². The molecule has 0 fully saturated rings. The van der Waals surface area contributed by atoms with E-state index in [0.717, 1.165) is 11.5 Å². The number of methoxy groups -OCH3 is 1. The maximum absolute atomic E-state index is 11.9. The van der Waals surface area contributed by atoms with Gasteiger partial charge in [-0.2, -0.15) is 4.37 Å². The van der Waals surface area contributed by atoms with Gasteiger partial charge in [0, 0.05) is 20.2 Å². The molecule has 3 N–H and O–H groups in total. The van der Waals surface area contributed by atoms with Crippen LogP contribution in [0.1, 0.15) is 17.3 Å². The van der Waals surface area contributed by atoms with Gasteiger partial charge in [0.2, 0.25) is 0 Å². The second-order valence-corrected chi connectivity index (χ2v) is 4.42. The number of aliphatic hydroxyl groups excluding tert-OH is 1. The van der Waals surface area contributed by atoms with Crippen LogP contribution in [0.2, 0.25) is 0 Å². The minimum atomic E-state index is -0.496. The number of aromatic nitrogens is 1. The van der Waals surface area contributed by atoms with E-state index in [9.17, 15) is 4.79 Å². The van der Waals surface area contributed by atoms with Gasteiger partial charge in [-0.05, 0) is 18.5 Å². The van der Waals surface area contributed by atoms with Crippen LogP contribution in [-0.2, 0) is 9.47 Å². The second kappa shape index (κ2) is 7.93. The van der Waals surface area contributed by atoms with Gasteiger partial charge in [-0.1, -0.05) is 0 Å². The lowest BCUT2D eigenvalue weighted by atomic mass is 10.3. The number of nitrogen functional groups attached to an aromatic ring is 1. The topological polar surface area (TPSA) is 97.9 Å². The predicted molar refractivity (Wildman–Crippen MR) is 73.7 cm³/mol. The Morgan fingerprint density at radius 1 is 1.53 bits per heavy atom. The third-order valence-electron chi connectivity index (χ3n) is 2.40. The zero-order valence-electron chi connectivity index (χ0n) is 11.1. The van der Waals surface area contributed by atoms with Gasteiger partial charge in [-0.25, -0.2) is 4.79 Å². The quantitative estimate of drug-likeness (QED) is 0.666. The Morgan fingerprint density at radius 2 is 2.26 bits per heavy atom. The number of esters is 1. The number of nitrogens with zero attached hydrogens (tertiary/aromatic N) is 2. The molecule has 0 amide bonds. The third kappa shape index (κ3) is 4.05. The second-order valence-electron chi connectivity index (χ2n) is 3.67. The van der Waals surface area contributed by atoms with Gasteiger partial charge < -0.3 is 25.2 Å². The number of carbonyl (C=O) groups is 1. The smallest absolute Gasteiger partial charge is 0.345 e. The fourth-order valence-electron chi connectivity index (χ4n) is 1.54. The molecule has 0 bridgehead atoms. The molecule has 0 aliphatic heterocycles. The molecule has 0 aliphatic rings. The summed E-state index contributed by atoms with van der Waals surface area (Å²) in [5.74, 6) is -0.345.